The van der Waals surface area contributed by atoms with E-state index in [1.807, 2.05) is 79.7 Å². The first-order valence-electron chi connectivity index (χ1n) is 11.5. The molecule has 1 amide bonds. The van der Waals surface area contributed by atoms with Gasteiger partial charge < -0.3 is 19.9 Å². The third kappa shape index (κ3) is 4.49. The molecule has 3 aromatic rings. The van der Waals surface area contributed by atoms with Gasteiger partial charge in [0.05, 0.1) is 30.2 Å². The molecule has 7 heteroatoms. The minimum atomic E-state index is -0.208. The van der Waals surface area contributed by atoms with Crippen molar-refractivity contribution in [3.05, 3.63) is 100 Å². The van der Waals surface area contributed by atoms with Crippen molar-refractivity contribution in [2.24, 2.45) is 0 Å². The highest BCUT2D eigenvalue weighted by atomic mass is 35.5. The molecule has 0 bridgehead atoms. The summed E-state index contributed by atoms with van der Waals surface area (Å²) in [5.41, 5.74) is 5.94. The third-order valence-corrected chi connectivity index (χ3v) is 6.58. The number of amides is 1. The summed E-state index contributed by atoms with van der Waals surface area (Å²) < 4.78 is 5.75. The molecule has 1 N–H and O–H groups in total. The van der Waals surface area contributed by atoms with Crippen LogP contribution in [0.2, 0.25) is 5.02 Å². The van der Waals surface area contributed by atoms with Crippen molar-refractivity contribution in [1.29, 1.82) is 0 Å². The maximum absolute atomic E-state index is 13.5. The summed E-state index contributed by atoms with van der Waals surface area (Å²) in [6.45, 7) is 5.40. The molecule has 5 rings (SSSR count). The Bertz CT molecular complexity index is 1320. The number of rotatable bonds is 5. The van der Waals surface area contributed by atoms with Crippen molar-refractivity contribution < 1.29 is 9.53 Å². The molecule has 3 heterocycles. The van der Waals surface area contributed by atoms with E-state index in [1.54, 1.807) is 6.20 Å². The van der Waals surface area contributed by atoms with E-state index in [4.69, 9.17) is 16.3 Å². The highest BCUT2D eigenvalue weighted by molar-refractivity contribution is 6.30. The van der Waals surface area contributed by atoms with Gasteiger partial charge >= 0.3 is 0 Å². The van der Waals surface area contributed by atoms with Crippen LogP contribution in [-0.2, 0) is 6.54 Å². The number of nitrogens with zero attached hydrogens (tertiary/aromatic N) is 3. The van der Waals surface area contributed by atoms with Gasteiger partial charge in [0.2, 0.25) is 0 Å². The van der Waals surface area contributed by atoms with Gasteiger partial charge in [-0.05, 0) is 35.9 Å². The maximum Gasteiger partial charge on any atom is 0.272 e. The topological polar surface area (TPSA) is 57.7 Å². The Morgan fingerprint density at radius 2 is 1.97 bits per heavy atom. The van der Waals surface area contributed by atoms with Crippen LogP contribution in [0.1, 0.15) is 39.6 Å². The fraction of sp³-hybridized carbons (Fsp3) is 0.214. The third-order valence-electron chi connectivity index (χ3n) is 6.33. The van der Waals surface area contributed by atoms with Gasteiger partial charge in [-0.3, -0.25) is 4.79 Å². The summed E-state index contributed by atoms with van der Waals surface area (Å²) in [5, 5.41) is 3.88. The van der Waals surface area contributed by atoms with Crippen LogP contribution in [0.25, 0.3) is 6.08 Å². The Hall–Kier alpha value is -3.77. The number of hydrogen-bond donors (Lipinski definition) is 1. The molecule has 0 spiro atoms. The molecule has 1 aromatic heterocycles. The first-order valence-corrected chi connectivity index (χ1v) is 11.9. The lowest BCUT2D eigenvalue weighted by Crippen LogP contribution is -2.34. The quantitative estimate of drug-likeness (QED) is 0.508. The van der Waals surface area contributed by atoms with E-state index in [1.165, 1.54) is 0 Å². The molecule has 1 unspecified atom stereocenters. The van der Waals surface area contributed by atoms with Gasteiger partial charge in [0.25, 0.3) is 5.91 Å². The van der Waals surface area contributed by atoms with Crippen molar-refractivity contribution in [3.8, 4) is 5.75 Å². The highest BCUT2D eigenvalue weighted by Gasteiger charge is 2.28. The van der Waals surface area contributed by atoms with E-state index < -0.39 is 0 Å². The normalized spacial score (nSPS) is 16.3. The first kappa shape index (κ1) is 23.0. The minimum Gasteiger partial charge on any atom is -0.493 e. The summed E-state index contributed by atoms with van der Waals surface area (Å²) in [6.07, 6.45) is 6.45. The second-order valence-corrected chi connectivity index (χ2v) is 9.32. The van der Waals surface area contributed by atoms with Crippen LogP contribution in [0, 0.1) is 0 Å². The zero-order valence-electron chi connectivity index (χ0n) is 19.8. The van der Waals surface area contributed by atoms with Crippen LogP contribution in [0.3, 0.4) is 0 Å². The SMILES string of the molecule is C=C1C=Cc2c(cnc(C(=O)NC3CCOc4ccccc43)c2N(C)C)N1Cc1ccc(Cl)cc1. The Morgan fingerprint density at radius 3 is 2.74 bits per heavy atom. The van der Waals surface area contributed by atoms with Crippen LogP contribution < -0.4 is 19.9 Å². The minimum absolute atomic E-state index is 0.128. The van der Waals surface area contributed by atoms with Gasteiger partial charge in [0, 0.05) is 48.9 Å². The van der Waals surface area contributed by atoms with Gasteiger partial charge in [-0.25, -0.2) is 4.98 Å². The standard InChI is InChI=1S/C28H27ClN4O2/c1-18-8-13-22-24(33(18)17-19-9-11-20(29)12-10-19)16-30-26(27(22)32(2)3)28(34)31-23-14-15-35-25-7-5-4-6-21(23)25/h4-13,16,23H,1,14-15,17H2,2-3H3,(H,31,34). The van der Waals surface area contributed by atoms with E-state index in [-0.39, 0.29) is 11.9 Å². The number of carbonyl (C=O) groups is 1. The molecule has 6 nitrogen and oxygen atoms in total. The zero-order chi connectivity index (χ0) is 24.5. The molecular weight excluding hydrogens is 460 g/mol. The number of benzene rings is 2. The summed E-state index contributed by atoms with van der Waals surface area (Å²) in [5.74, 6) is 0.606. The van der Waals surface area contributed by atoms with Gasteiger partial charge in [0.15, 0.2) is 5.69 Å². The molecule has 0 radical (unpaired) electrons. The van der Waals surface area contributed by atoms with E-state index in [0.717, 1.165) is 39.5 Å². The molecule has 35 heavy (non-hydrogen) atoms. The van der Waals surface area contributed by atoms with Crippen LogP contribution in [0.5, 0.6) is 5.75 Å². The van der Waals surface area contributed by atoms with Gasteiger partial charge in [0.1, 0.15) is 5.75 Å². The van der Waals surface area contributed by atoms with Crippen LogP contribution in [0.15, 0.2) is 73.1 Å². The Labute approximate surface area is 210 Å². The predicted octanol–water partition coefficient (Wildman–Crippen LogP) is 5.60. The summed E-state index contributed by atoms with van der Waals surface area (Å²) in [7, 11) is 3.86. The molecule has 178 valence electrons. The Kier molecular flexibility index (Phi) is 6.22. The van der Waals surface area contributed by atoms with Gasteiger partial charge in [-0.15, -0.1) is 0 Å². The van der Waals surface area contributed by atoms with E-state index in [0.29, 0.717) is 30.3 Å². The maximum atomic E-state index is 13.5. The average Bonchev–Trinajstić information content (AvgIpc) is 2.86. The second-order valence-electron chi connectivity index (χ2n) is 8.89. The second kappa shape index (κ2) is 9.47. The Morgan fingerprint density at radius 1 is 1.20 bits per heavy atom. The van der Waals surface area contributed by atoms with E-state index in [2.05, 4.69) is 21.8 Å². The molecule has 2 aliphatic heterocycles. The number of carbonyl (C=O) groups excluding carboxylic acids is 1. The van der Waals surface area contributed by atoms with E-state index >= 15 is 0 Å². The number of hydrogen-bond acceptors (Lipinski definition) is 5. The molecule has 2 aromatic carbocycles. The summed E-state index contributed by atoms with van der Waals surface area (Å²) in [6, 6.07) is 15.5. The lowest BCUT2D eigenvalue weighted by Gasteiger charge is -2.33. The Balaban J connectivity index is 1.48. The molecule has 0 aliphatic carbocycles. The predicted molar refractivity (Wildman–Crippen MR) is 141 cm³/mol. The molecule has 0 saturated carbocycles. The van der Waals surface area contributed by atoms with Crippen LogP contribution in [0.4, 0.5) is 11.4 Å². The molecule has 0 fully saturated rings. The summed E-state index contributed by atoms with van der Waals surface area (Å²) >= 11 is 6.06. The first-order chi connectivity index (χ1) is 16.9. The van der Waals surface area contributed by atoms with Gasteiger partial charge in [-0.1, -0.05) is 48.5 Å². The number of pyridine rings is 1. The highest BCUT2D eigenvalue weighted by Crippen LogP contribution is 2.39. The number of para-hydroxylation sites is 1. The average molecular weight is 487 g/mol. The zero-order valence-corrected chi connectivity index (χ0v) is 20.5. The number of fused-ring (bicyclic) bond motifs is 2. The molecule has 1 atom stereocenters. The lowest BCUT2D eigenvalue weighted by atomic mass is 9.99. The monoisotopic (exact) mass is 486 g/mol. The number of anilines is 2. The fourth-order valence-corrected chi connectivity index (χ4v) is 4.73. The number of nitrogens with one attached hydrogen (secondary N) is 1. The lowest BCUT2D eigenvalue weighted by molar-refractivity contribution is 0.0920. The molecular formula is C28H27ClN4O2. The number of halogens is 1. The van der Waals surface area contributed by atoms with Crippen molar-refractivity contribution in [2.45, 2.75) is 19.0 Å². The molecule has 0 saturated heterocycles. The molecule has 2 aliphatic rings. The fourth-order valence-electron chi connectivity index (χ4n) is 4.61. The smallest absolute Gasteiger partial charge is 0.272 e. The van der Waals surface area contributed by atoms with Crippen molar-refractivity contribution >= 4 is 35.0 Å². The van der Waals surface area contributed by atoms with Crippen molar-refractivity contribution in [2.75, 3.05) is 30.5 Å². The summed E-state index contributed by atoms with van der Waals surface area (Å²) in [4.78, 5) is 22.2. The number of allylic oxidation sites excluding steroid dienone is 1. The van der Waals surface area contributed by atoms with Crippen molar-refractivity contribution in [3.63, 3.8) is 0 Å². The largest absolute Gasteiger partial charge is 0.493 e. The van der Waals surface area contributed by atoms with Gasteiger partial charge in [-0.2, -0.15) is 0 Å². The van der Waals surface area contributed by atoms with E-state index in [9.17, 15) is 4.79 Å². The van der Waals surface area contributed by atoms with Crippen LogP contribution in [-0.4, -0.2) is 31.6 Å². The number of ether oxygens (including phenoxy) is 1. The van der Waals surface area contributed by atoms with Crippen LogP contribution >= 0.6 is 11.6 Å². The van der Waals surface area contributed by atoms with Crippen molar-refractivity contribution in [1.82, 2.24) is 10.3 Å². The number of aromatic nitrogens is 1.